The monoisotopic (exact) mass is 271 g/mol. The number of nitro groups is 1. The predicted octanol–water partition coefficient (Wildman–Crippen LogP) is 3.82. The molecule has 0 aromatic heterocycles. The third-order valence-corrected chi connectivity index (χ3v) is 2.95. The van der Waals surface area contributed by atoms with Crippen LogP contribution in [0.25, 0.3) is 0 Å². The summed E-state index contributed by atoms with van der Waals surface area (Å²) in [6.07, 6.45) is 0.707. The summed E-state index contributed by atoms with van der Waals surface area (Å²) in [4.78, 5) is 21.4. The molecule has 0 N–H and O–H groups in total. The van der Waals surface area contributed by atoms with Crippen LogP contribution in [-0.2, 0) is 0 Å². The Morgan fingerprint density at radius 3 is 2.55 bits per heavy atom. The Bertz CT molecular complexity index is 680. The number of aldehydes is 1. The fraction of sp³-hybridized carbons (Fsp3) is 0.133. The van der Waals surface area contributed by atoms with E-state index in [1.165, 1.54) is 6.07 Å². The van der Waals surface area contributed by atoms with E-state index in [9.17, 15) is 14.9 Å². The van der Waals surface area contributed by atoms with Crippen molar-refractivity contribution in [1.82, 2.24) is 0 Å². The summed E-state index contributed by atoms with van der Waals surface area (Å²) < 4.78 is 5.67. The number of benzene rings is 2. The maximum Gasteiger partial charge on any atom is 0.311 e. The zero-order valence-electron chi connectivity index (χ0n) is 11.1. The minimum absolute atomic E-state index is 0.0964. The summed E-state index contributed by atoms with van der Waals surface area (Å²) in [6, 6.07) is 9.71. The second-order valence-corrected chi connectivity index (χ2v) is 4.43. The molecule has 5 nitrogen and oxygen atoms in total. The molecule has 0 amide bonds. The Balaban J connectivity index is 2.49. The molecule has 2 aromatic rings. The van der Waals surface area contributed by atoms with Crippen LogP contribution in [0.15, 0.2) is 36.4 Å². The molecule has 0 aliphatic heterocycles. The molecular formula is C15H13NO4. The first kappa shape index (κ1) is 13.7. The Kier molecular flexibility index (Phi) is 3.79. The summed E-state index contributed by atoms with van der Waals surface area (Å²) in [5.74, 6) is 0.635. The number of rotatable bonds is 4. The number of hydrogen-bond donors (Lipinski definition) is 0. The van der Waals surface area contributed by atoms with Crippen LogP contribution in [0.5, 0.6) is 11.5 Å². The van der Waals surface area contributed by atoms with Gasteiger partial charge < -0.3 is 4.74 Å². The summed E-state index contributed by atoms with van der Waals surface area (Å²) >= 11 is 0. The first-order valence-corrected chi connectivity index (χ1v) is 6.00. The molecule has 0 saturated carbocycles. The maximum absolute atomic E-state index is 11.0. The lowest BCUT2D eigenvalue weighted by Crippen LogP contribution is -1.97. The van der Waals surface area contributed by atoms with Gasteiger partial charge in [0.05, 0.1) is 4.92 Å². The van der Waals surface area contributed by atoms with Crippen molar-refractivity contribution in [2.75, 3.05) is 0 Å². The van der Waals surface area contributed by atoms with Gasteiger partial charge in [-0.05, 0) is 31.0 Å². The van der Waals surface area contributed by atoms with E-state index >= 15 is 0 Å². The SMILES string of the molecule is Cc1ccc(C=O)cc1Oc1c(C)cccc1[N+](=O)[O-]. The van der Waals surface area contributed by atoms with Gasteiger partial charge in [0.15, 0.2) is 0 Å². The van der Waals surface area contributed by atoms with Gasteiger partial charge in [-0.1, -0.05) is 24.3 Å². The molecule has 0 bridgehead atoms. The number of carbonyl (C=O) groups excluding carboxylic acids is 1. The van der Waals surface area contributed by atoms with E-state index in [-0.39, 0.29) is 11.4 Å². The third-order valence-electron chi connectivity index (χ3n) is 2.95. The van der Waals surface area contributed by atoms with Crippen molar-refractivity contribution in [2.45, 2.75) is 13.8 Å². The molecule has 102 valence electrons. The van der Waals surface area contributed by atoms with Crippen LogP contribution in [0, 0.1) is 24.0 Å². The molecule has 0 fully saturated rings. The zero-order valence-corrected chi connectivity index (χ0v) is 11.1. The van der Waals surface area contributed by atoms with E-state index in [2.05, 4.69) is 0 Å². The van der Waals surface area contributed by atoms with Gasteiger partial charge in [-0.3, -0.25) is 14.9 Å². The Hall–Kier alpha value is -2.69. The zero-order chi connectivity index (χ0) is 14.7. The van der Waals surface area contributed by atoms with Gasteiger partial charge in [0.1, 0.15) is 12.0 Å². The molecule has 0 heterocycles. The van der Waals surface area contributed by atoms with Crippen LogP contribution in [-0.4, -0.2) is 11.2 Å². The number of ether oxygens (including phenoxy) is 1. The quantitative estimate of drug-likeness (QED) is 0.481. The summed E-state index contributed by atoms with van der Waals surface area (Å²) in [5.41, 5.74) is 1.83. The summed E-state index contributed by atoms with van der Waals surface area (Å²) in [7, 11) is 0. The molecule has 0 unspecified atom stereocenters. The van der Waals surface area contributed by atoms with Crippen molar-refractivity contribution in [1.29, 1.82) is 0 Å². The number of aryl methyl sites for hydroxylation is 2. The largest absolute Gasteiger partial charge is 0.450 e. The van der Waals surface area contributed by atoms with E-state index in [4.69, 9.17) is 4.74 Å². The Morgan fingerprint density at radius 1 is 1.15 bits per heavy atom. The standard InChI is InChI=1S/C15H13NO4/c1-10-6-7-12(9-17)8-14(10)20-15-11(2)4-3-5-13(15)16(18)19/h3-9H,1-2H3. The molecule has 20 heavy (non-hydrogen) atoms. The molecular weight excluding hydrogens is 258 g/mol. The fourth-order valence-electron chi connectivity index (χ4n) is 1.82. The molecule has 2 aromatic carbocycles. The first-order chi connectivity index (χ1) is 9.52. The minimum Gasteiger partial charge on any atom is -0.450 e. The molecule has 0 spiro atoms. The number of carbonyl (C=O) groups is 1. The van der Waals surface area contributed by atoms with Crippen LogP contribution in [0.3, 0.4) is 0 Å². The lowest BCUT2D eigenvalue weighted by Gasteiger charge is -2.11. The van der Waals surface area contributed by atoms with Crippen LogP contribution in [0.1, 0.15) is 21.5 Å². The topological polar surface area (TPSA) is 69.4 Å². The average Bonchev–Trinajstić information content (AvgIpc) is 2.43. The predicted molar refractivity (Wildman–Crippen MR) is 74.5 cm³/mol. The highest BCUT2D eigenvalue weighted by atomic mass is 16.6. The molecule has 0 atom stereocenters. The second-order valence-electron chi connectivity index (χ2n) is 4.43. The average molecular weight is 271 g/mol. The van der Waals surface area contributed by atoms with Gasteiger partial charge in [-0.15, -0.1) is 0 Å². The molecule has 0 aliphatic carbocycles. The van der Waals surface area contributed by atoms with Crippen molar-refractivity contribution in [3.8, 4) is 11.5 Å². The van der Waals surface area contributed by atoms with E-state index in [1.807, 2.05) is 6.92 Å². The van der Waals surface area contributed by atoms with Crippen molar-refractivity contribution in [2.24, 2.45) is 0 Å². The van der Waals surface area contributed by atoms with E-state index in [0.717, 1.165) is 5.56 Å². The fourth-order valence-corrected chi connectivity index (χ4v) is 1.82. The van der Waals surface area contributed by atoms with Crippen LogP contribution < -0.4 is 4.74 Å². The lowest BCUT2D eigenvalue weighted by molar-refractivity contribution is -0.385. The number of nitro benzene ring substituents is 1. The first-order valence-electron chi connectivity index (χ1n) is 6.00. The highest BCUT2D eigenvalue weighted by Crippen LogP contribution is 2.35. The number of hydrogen-bond acceptors (Lipinski definition) is 4. The van der Waals surface area contributed by atoms with Crippen LogP contribution in [0.4, 0.5) is 5.69 Å². The maximum atomic E-state index is 11.0. The van der Waals surface area contributed by atoms with E-state index in [1.54, 1.807) is 37.3 Å². The summed E-state index contributed by atoms with van der Waals surface area (Å²) in [5, 5.41) is 11.0. The smallest absolute Gasteiger partial charge is 0.311 e. The molecule has 2 rings (SSSR count). The second kappa shape index (κ2) is 5.52. The van der Waals surface area contributed by atoms with Crippen molar-refractivity contribution in [3.05, 3.63) is 63.2 Å². The molecule has 0 radical (unpaired) electrons. The molecule has 5 heteroatoms. The van der Waals surface area contributed by atoms with Gasteiger partial charge in [0.2, 0.25) is 5.75 Å². The highest BCUT2D eigenvalue weighted by Gasteiger charge is 2.18. The van der Waals surface area contributed by atoms with Crippen LogP contribution >= 0.6 is 0 Å². The van der Waals surface area contributed by atoms with Crippen molar-refractivity contribution >= 4 is 12.0 Å². The van der Waals surface area contributed by atoms with Crippen molar-refractivity contribution < 1.29 is 14.5 Å². The molecule has 0 aliphatic rings. The van der Waals surface area contributed by atoms with E-state index in [0.29, 0.717) is 23.2 Å². The van der Waals surface area contributed by atoms with E-state index < -0.39 is 4.92 Å². The minimum atomic E-state index is -0.485. The normalized spacial score (nSPS) is 10.1. The number of para-hydroxylation sites is 1. The van der Waals surface area contributed by atoms with Gasteiger partial charge in [0.25, 0.3) is 0 Å². The van der Waals surface area contributed by atoms with Gasteiger partial charge in [-0.2, -0.15) is 0 Å². The van der Waals surface area contributed by atoms with Gasteiger partial charge in [-0.25, -0.2) is 0 Å². The Morgan fingerprint density at radius 2 is 1.90 bits per heavy atom. The Labute approximate surface area is 116 Å². The summed E-state index contributed by atoms with van der Waals surface area (Å²) in [6.45, 7) is 3.55. The van der Waals surface area contributed by atoms with Crippen molar-refractivity contribution in [3.63, 3.8) is 0 Å². The van der Waals surface area contributed by atoms with Crippen LogP contribution in [0.2, 0.25) is 0 Å². The molecule has 0 saturated heterocycles. The number of nitrogens with zero attached hydrogens (tertiary/aromatic N) is 1. The highest BCUT2D eigenvalue weighted by molar-refractivity contribution is 5.76. The lowest BCUT2D eigenvalue weighted by atomic mass is 10.1. The third kappa shape index (κ3) is 2.66. The van der Waals surface area contributed by atoms with Gasteiger partial charge >= 0.3 is 5.69 Å². The van der Waals surface area contributed by atoms with Gasteiger partial charge in [0, 0.05) is 11.6 Å².